The van der Waals surface area contributed by atoms with Crippen LogP contribution < -0.4 is 0 Å². The maximum absolute atomic E-state index is 13.0. The van der Waals surface area contributed by atoms with Gasteiger partial charge in [-0.15, -0.1) is 0 Å². The van der Waals surface area contributed by atoms with Gasteiger partial charge in [-0.1, -0.05) is 18.2 Å². The van der Waals surface area contributed by atoms with Crippen LogP contribution >= 0.6 is 0 Å². The molecule has 0 saturated carbocycles. The molecule has 0 N–H and O–H groups in total. The second-order valence-corrected chi connectivity index (χ2v) is 4.28. The molecule has 20 heavy (non-hydrogen) atoms. The van der Waals surface area contributed by atoms with Crippen LogP contribution in [0, 0.1) is 17.1 Å². The van der Waals surface area contributed by atoms with Gasteiger partial charge in [-0.3, -0.25) is 0 Å². The highest BCUT2D eigenvalue weighted by atomic mass is 19.1. The Labute approximate surface area is 115 Å². The highest BCUT2D eigenvalue weighted by Gasteiger charge is 2.11. The van der Waals surface area contributed by atoms with E-state index in [0.29, 0.717) is 5.69 Å². The first kappa shape index (κ1) is 12.1. The first-order valence-electron chi connectivity index (χ1n) is 6.09. The molecule has 0 amide bonds. The van der Waals surface area contributed by atoms with Gasteiger partial charge >= 0.3 is 0 Å². The van der Waals surface area contributed by atoms with E-state index in [9.17, 15) is 4.39 Å². The molecule has 3 rings (SSSR count). The standard InChI is InChI=1S/C16H10FN3/c17-13-8-6-12(7-9-13)16-10-14(11-18)19-20(16)15-4-2-1-3-5-15/h1-10H. The molecule has 0 aliphatic carbocycles. The fraction of sp³-hybridized carbons (Fsp3) is 0. The number of benzene rings is 2. The molecule has 0 bridgehead atoms. The van der Waals surface area contributed by atoms with Crippen molar-refractivity contribution in [1.82, 2.24) is 9.78 Å². The van der Waals surface area contributed by atoms with Crippen LogP contribution in [0.2, 0.25) is 0 Å². The molecule has 0 unspecified atom stereocenters. The summed E-state index contributed by atoms with van der Waals surface area (Å²) < 4.78 is 14.7. The van der Waals surface area contributed by atoms with E-state index in [1.165, 1.54) is 12.1 Å². The normalized spacial score (nSPS) is 10.2. The lowest BCUT2D eigenvalue weighted by atomic mass is 10.1. The Bertz CT molecular complexity index is 768. The Balaban J connectivity index is 2.18. The Kier molecular flexibility index (Phi) is 3.02. The van der Waals surface area contributed by atoms with Gasteiger partial charge in [0.25, 0.3) is 0 Å². The summed E-state index contributed by atoms with van der Waals surface area (Å²) in [5, 5.41) is 13.3. The van der Waals surface area contributed by atoms with E-state index in [-0.39, 0.29) is 5.82 Å². The first-order chi connectivity index (χ1) is 9.78. The van der Waals surface area contributed by atoms with Gasteiger partial charge < -0.3 is 0 Å². The monoisotopic (exact) mass is 263 g/mol. The zero-order valence-corrected chi connectivity index (χ0v) is 10.5. The van der Waals surface area contributed by atoms with Gasteiger partial charge in [0.1, 0.15) is 11.9 Å². The van der Waals surface area contributed by atoms with Crippen molar-refractivity contribution in [1.29, 1.82) is 5.26 Å². The second-order valence-electron chi connectivity index (χ2n) is 4.28. The van der Waals surface area contributed by atoms with Crippen LogP contribution in [-0.4, -0.2) is 9.78 Å². The quantitative estimate of drug-likeness (QED) is 0.709. The molecule has 0 fully saturated rings. The molecule has 4 heteroatoms. The third kappa shape index (κ3) is 2.17. The average Bonchev–Trinajstić information content (AvgIpc) is 2.93. The number of nitriles is 1. The van der Waals surface area contributed by atoms with Gasteiger partial charge in [0, 0.05) is 11.6 Å². The second kappa shape index (κ2) is 4.98. The summed E-state index contributed by atoms with van der Waals surface area (Å²) in [7, 11) is 0. The van der Waals surface area contributed by atoms with Crippen molar-refractivity contribution in [3.8, 4) is 23.0 Å². The summed E-state index contributed by atoms with van der Waals surface area (Å²) in [6, 6.07) is 19.4. The minimum absolute atomic E-state index is 0.292. The maximum Gasteiger partial charge on any atom is 0.163 e. The van der Waals surface area contributed by atoms with Crippen molar-refractivity contribution in [3.05, 3.63) is 72.2 Å². The summed E-state index contributed by atoms with van der Waals surface area (Å²) in [4.78, 5) is 0. The third-order valence-electron chi connectivity index (χ3n) is 2.96. The van der Waals surface area contributed by atoms with E-state index in [1.54, 1.807) is 22.9 Å². The molecule has 3 aromatic rings. The van der Waals surface area contributed by atoms with E-state index in [1.807, 2.05) is 36.4 Å². The Morgan fingerprint density at radius 1 is 1.00 bits per heavy atom. The number of hydrogen-bond acceptors (Lipinski definition) is 2. The third-order valence-corrected chi connectivity index (χ3v) is 2.96. The van der Waals surface area contributed by atoms with Crippen LogP contribution in [0.3, 0.4) is 0 Å². The summed E-state index contributed by atoms with van der Waals surface area (Å²) in [6.07, 6.45) is 0. The van der Waals surface area contributed by atoms with Crippen LogP contribution in [0.25, 0.3) is 16.9 Å². The van der Waals surface area contributed by atoms with Crippen LogP contribution in [-0.2, 0) is 0 Å². The summed E-state index contributed by atoms with van der Waals surface area (Å²) in [6.45, 7) is 0. The molecule has 0 saturated heterocycles. The van der Waals surface area contributed by atoms with Gasteiger partial charge in [-0.2, -0.15) is 10.4 Å². The van der Waals surface area contributed by atoms with E-state index in [0.717, 1.165) is 16.9 Å². The van der Waals surface area contributed by atoms with Crippen LogP contribution in [0.5, 0.6) is 0 Å². The van der Waals surface area contributed by atoms with Gasteiger partial charge in [0.15, 0.2) is 5.69 Å². The molecule has 1 heterocycles. The molecular weight excluding hydrogens is 253 g/mol. The first-order valence-corrected chi connectivity index (χ1v) is 6.09. The summed E-state index contributed by atoms with van der Waals surface area (Å²) in [5.74, 6) is -0.292. The predicted octanol–water partition coefficient (Wildman–Crippen LogP) is 3.55. The van der Waals surface area contributed by atoms with Crippen LogP contribution in [0.4, 0.5) is 4.39 Å². The number of rotatable bonds is 2. The lowest BCUT2D eigenvalue weighted by Gasteiger charge is -2.07. The molecule has 96 valence electrons. The largest absolute Gasteiger partial charge is 0.232 e. The molecule has 1 aromatic heterocycles. The molecule has 2 aromatic carbocycles. The zero-order chi connectivity index (χ0) is 13.9. The fourth-order valence-corrected chi connectivity index (χ4v) is 2.03. The number of aromatic nitrogens is 2. The molecule has 0 atom stereocenters. The average molecular weight is 263 g/mol. The minimum atomic E-state index is -0.292. The van der Waals surface area contributed by atoms with Crippen molar-refractivity contribution in [2.24, 2.45) is 0 Å². The number of para-hydroxylation sites is 1. The molecule has 3 nitrogen and oxygen atoms in total. The minimum Gasteiger partial charge on any atom is -0.232 e. The predicted molar refractivity (Wildman–Crippen MR) is 73.7 cm³/mol. The topological polar surface area (TPSA) is 41.6 Å². The molecule has 0 radical (unpaired) electrons. The number of nitrogens with zero attached hydrogens (tertiary/aromatic N) is 3. The van der Waals surface area contributed by atoms with Crippen molar-refractivity contribution in [3.63, 3.8) is 0 Å². The molecule has 0 spiro atoms. The van der Waals surface area contributed by atoms with Crippen molar-refractivity contribution in [2.75, 3.05) is 0 Å². The van der Waals surface area contributed by atoms with Gasteiger partial charge in [0.05, 0.1) is 11.4 Å². The molecule has 0 aliphatic rings. The lowest BCUT2D eigenvalue weighted by Crippen LogP contribution is -1.98. The van der Waals surface area contributed by atoms with E-state index < -0.39 is 0 Å². The zero-order valence-electron chi connectivity index (χ0n) is 10.5. The SMILES string of the molecule is N#Cc1cc(-c2ccc(F)cc2)n(-c2ccccc2)n1. The fourth-order valence-electron chi connectivity index (χ4n) is 2.03. The smallest absolute Gasteiger partial charge is 0.163 e. The van der Waals surface area contributed by atoms with Gasteiger partial charge in [-0.25, -0.2) is 9.07 Å². The molecular formula is C16H10FN3. The van der Waals surface area contributed by atoms with Crippen LogP contribution in [0.15, 0.2) is 60.7 Å². The molecule has 0 aliphatic heterocycles. The Morgan fingerprint density at radius 3 is 2.35 bits per heavy atom. The Hall–Kier alpha value is -2.93. The van der Waals surface area contributed by atoms with E-state index in [4.69, 9.17) is 5.26 Å². The van der Waals surface area contributed by atoms with Gasteiger partial charge in [0.2, 0.25) is 0 Å². The maximum atomic E-state index is 13.0. The summed E-state index contributed by atoms with van der Waals surface area (Å²) in [5.41, 5.74) is 2.75. The highest BCUT2D eigenvalue weighted by Crippen LogP contribution is 2.24. The van der Waals surface area contributed by atoms with E-state index in [2.05, 4.69) is 5.10 Å². The highest BCUT2D eigenvalue weighted by molar-refractivity contribution is 5.63. The Morgan fingerprint density at radius 2 is 1.70 bits per heavy atom. The summed E-state index contributed by atoms with van der Waals surface area (Å²) >= 11 is 0. The van der Waals surface area contributed by atoms with Crippen LogP contribution in [0.1, 0.15) is 5.69 Å². The number of halogens is 1. The van der Waals surface area contributed by atoms with Crippen molar-refractivity contribution >= 4 is 0 Å². The van der Waals surface area contributed by atoms with Crippen molar-refractivity contribution < 1.29 is 4.39 Å². The van der Waals surface area contributed by atoms with E-state index >= 15 is 0 Å². The lowest BCUT2D eigenvalue weighted by molar-refractivity contribution is 0.628. The van der Waals surface area contributed by atoms with Gasteiger partial charge in [-0.05, 0) is 36.4 Å². The van der Waals surface area contributed by atoms with Crippen molar-refractivity contribution in [2.45, 2.75) is 0 Å². The number of hydrogen-bond donors (Lipinski definition) is 0.